The molecule has 2 amide bonds. The Hall–Kier alpha value is -4.63. The zero-order chi connectivity index (χ0) is 36.1. The first-order chi connectivity index (χ1) is 22.6. The quantitative estimate of drug-likeness (QED) is 0.307. The Balaban J connectivity index is 1.44. The lowest BCUT2D eigenvalue weighted by atomic mass is 10.2. The van der Waals surface area contributed by atoms with Crippen molar-refractivity contribution in [2.75, 3.05) is 12.4 Å². The third-order valence-electron chi connectivity index (χ3n) is 7.77. The van der Waals surface area contributed by atoms with Gasteiger partial charge in [-0.2, -0.15) is 18.3 Å². The van der Waals surface area contributed by atoms with Crippen LogP contribution in [-0.4, -0.2) is 60.2 Å². The normalized spacial score (nSPS) is 28.6. The number of amides is 2. The summed E-state index contributed by atoms with van der Waals surface area (Å²) in [6, 6.07) is 1.64. The number of aryl methyl sites for hydroxylation is 2. The monoisotopic (exact) mass is 594 g/mol. The molecule has 2 saturated carbocycles. The maximum atomic E-state index is 13.8. The fourth-order valence-electron chi connectivity index (χ4n) is 5.62. The maximum Gasteiger partial charge on any atom is 0.407 e. The summed E-state index contributed by atoms with van der Waals surface area (Å²) in [6.45, 7) is -5.81. The van der Waals surface area contributed by atoms with E-state index in [1.54, 1.807) is 0 Å². The van der Waals surface area contributed by atoms with Gasteiger partial charge in [-0.05, 0) is 44.7 Å². The van der Waals surface area contributed by atoms with Crippen LogP contribution >= 0.6 is 0 Å². The highest BCUT2D eigenvalue weighted by molar-refractivity contribution is 5.90. The second-order valence-electron chi connectivity index (χ2n) is 10.2. The number of alkyl carbamates (subject to hydrolysis) is 1. The van der Waals surface area contributed by atoms with Gasteiger partial charge in [0.15, 0.2) is 11.2 Å². The van der Waals surface area contributed by atoms with Crippen molar-refractivity contribution in [2.45, 2.75) is 56.3 Å². The van der Waals surface area contributed by atoms with E-state index >= 15 is 0 Å². The minimum atomic E-state index is -4.85. The van der Waals surface area contributed by atoms with Crippen molar-refractivity contribution >= 4 is 45.7 Å². The molecule has 13 nitrogen and oxygen atoms in total. The van der Waals surface area contributed by atoms with Crippen LogP contribution in [-0.2, 0) is 22.0 Å². The summed E-state index contributed by atoms with van der Waals surface area (Å²) in [4.78, 5) is 46.3. The van der Waals surface area contributed by atoms with Gasteiger partial charge in [0.1, 0.15) is 11.6 Å². The second-order valence-corrected chi connectivity index (χ2v) is 10.2. The number of nitrogens with two attached hydrogens (primary N) is 1. The first-order valence-electron chi connectivity index (χ1n) is 16.1. The molecule has 2 aliphatic rings. The molecule has 4 heterocycles. The van der Waals surface area contributed by atoms with Crippen LogP contribution in [0.15, 0.2) is 29.2 Å². The van der Waals surface area contributed by atoms with Crippen molar-refractivity contribution in [3.8, 4) is 0 Å². The van der Waals surface area contributed by atoms with Gasteiger partial charge in [-0.25, -0.2) is 24.2 Å². The van der Waals surface area contributed by atoms with Crippen LogP contribution in [0.4, 0.5) is 29.6 Å². The van der Waals surface area contributed by atoms with E-state index < -0.39 is 73.3 Å². The van der Waals surface area contributed by atoms with Crippen LogP contribution in [0.1, 0.15) is 47.0 Å². The number of nitrogens with one attached hydrogen (secondary N) is 2. The van der Waals surface area contributed by atoms with Crippen molar-refractivity contribution in [1.29, 1.82) is 0 Å². The van der Waals surface area contributed by atoms with Gasteiger partial charge in [0.2, 0.25) is 5.91 Å². The molecule has 4 aromatic heterocycles. The number of anilines is 2. The highest BCUT2D eigenvalue weighted by atomic mass is 19.4. The van der Waals surface area contributed by atoms with Crippen molar-refractivity contribution in [2.24, 2.45) is 18.6 Å². The molecule has 4 atom stereocenters. The third kappa shape index (κ3) is 4.23. The Morgan fingerprint density at radius 3 is 2.74 bits per heavy atom. The van der Waals surface area contributed by atoms with E-state index in [0.29, 0.717) is 9.25 Å². The van der Waals surface area contributed by atoms with Gasteiger partial charge in [0.05, 0.1) is 37.3 Å². The lowest BCUT2D eigenvalue weighted by Crippen LogP contribution is -2.39. The number of rotatable bonds is 6. The highest BCUT2D eigenvalue weighted by Gasteiger charge is 2.73. The number of carbonyl (C=O) groups is 2. The van der Waals surface area contributed by atoms with Crippen molar-refractivity contribution < 1.29 is 37.1 Å². The number of carbonyl (C=O) groups excluding carboxylic acids is 2. The number of ether oxygens (including phenoxy) is 1. The third-order valence-corrected chi connectivity index (χ3v) is 7.77. The van der Waals surface area contributed by atoms with Crippen LogP contribution in [0.5, 0.6) is 0 Å². The molecule has 4 unspecified atom stereocenters. The van der Waals surface area contributed by atoms with E-state index in [1.807, 2.05) is 0 Å². The van der Waals surface area contributed by atoms with E-state index in [-0.39, 0.29) is 53.0 Å². The first kappa shape index (κ1) is 20.3. The predicted octanol–water partition coefficient (Wildman–Crippen LogP) is 2.74. The van der Waals surface area contributed by atoms with Gasteiger partial charge >= 0.3 is 18.0 Å². The molecular weight excluding hydrogens is 559 g/mol. The number of hydrogen-bond donors (Lipinski definition) is 3. The molecule has 2 fully saturated rings. The summed E-state index contributed by atoms with van der Waals surface area (Å²) in [5, 5.41) is 9.00. The number of fused-ring (bicyclic) bond motifs is 2. The van der Waals surface area contributed by atoms with Crippen LogP contribution in [0.2, 0.25) is 0 Å². The summed E-state index contributed by atoms with van der Waals surface area (Å²) < 4.78 is 104. The number of nitrogens with zero attached hydrogens (tertiary/aromatic N) is 6. The molecule has 0 radical (unpaired) electrons. The van der Waals surface area contributed by atoms with Gasteiger partial charge in [-0.1, -0.05) is 0 Å². The SMILES string of the molecule is [2H]C1(NC(=O)OC)CCC(n2c(=O)n(C([2H])([2H])[2H])c3cnc(Nc4ccc5c(C([2H])([2H])[2H])nn(C6(C(N)=O)CC6C(F)(F)F)c5n4)cc32)C1. The molecule has 222 valence electrons. The van der Waals surface area contributed by atoms with E-state index in [4.69, 9.17) is 15.3 Å². The van der Waals surface area contributed by atoms with Crippen molar-refractivity contribution in [3.05, 3.63) is 40.6 Å². The van der Waals surface area contributed by atoms with Crippen molar-refractivity contribution in [1.82, 2.24) is 34.2 Å². The number of hydrogen-bond acceptors (Lipinski definition) is 8. The molecule has 16 heteroatoms. The number of primary amides is 1. The van der Waals surface area contributed by atoms with Crippen LogP contribution < -0.4 is 22.1 Å². The Bertz CT molecular complexity index is 2080. The number of methoxy groups -OCH3 is 1. The molecule has 42 heavy (non-hydrogen) atoms. The first-order valence-corrected chi connectivity index (χ1v) is 12.6. The Morgan fingerprint density at radius 1 is 1.26 bits per heavy atom. The van der Waals surface area contributed by atoms with Gasteiger partial charge in [0, 0.05) is 38.7 Å². The lowest BCUT2D eigenvalue weighted by Gasteiger charge is -2.17. The molecular formula is C26H28F3N9O4. The molecule has 0 bridgehead atoms. The maximum absolute atomic E-state index is 13.8. The summed E-state index contributed by atoms with van der Waals surface area (Å²) in [5.41, 5.74) is 1.17. The zero-order valence-corrected chi connectivity index (χ0v) is 21.8. The van der Waals surface area contributed by atoms with Crippen LogP contribution in [0.25, 0.3) is 22.1 Å². The van der Waals surface area contributed by atoms with Gasteiger partial charge < -0.3 is 21.1 Å². The summed E-state index contributed by atoms with van der Waals surface area (Å²) in [5.74, 6) is -3.69. The summed E-state index contributed by atoms with van der Waals surface area (Å²) >= 11 is 0. The largest absolute Gasteiger partial charge is 0.453 e. The number of aromatic nitrogens is 6. The molecule has 0 saturated heterocycles. The topological polar surface area (TPSA) is 164 Å². The molecule has 4 aromatic rings. The molecule has 0 spiro atoms. The molecule has 0 aromatic carbocycles. The van der Waals surface area contributed by atoms with E-state index in [1.165, 1.54) is 22.8 Å². The summed E-state index contributed by atoms with van der Waals surface area (Å²) in [7, 11) is 1.13. The smallest absolute Gasteiger partial charge is 0.407 e. The van der Waals surface area contributed by atoms with Gasteiger partial charge in [0.25, 0.3) is 0 Å². The number of imidazole rings is 1. The van der Waals surface area contributed by atoms with E-state index in [9.17, 15) is 27.6 Å². The van der Waals surface area contributed by atoms with E-state index in [2.05, 4.69) is 30.4 Å². The Labute approximate surface area is 245 Å². The zero-order valence-electron chi connectivity index (χ0n) is 28.8. The highest BCUT2D eigenvalue weighted by Crippen LogP contribution is 2.58. The van der Waals surface area contributed by atoms with Gasteiger partial charge in [-0.3, -0.25) is 13.9 Å². The molecule has 0 aliphatic heterocycles. The average Bonchev–Trinajstić information content (AvgIpc) is 3.33. The lowest BCUT2D eigenvalue weighted by molar-refractivity contribution is -0.160. The Kier molecular flexibility index (Phi) is 4.57. The standard InChI is InChI=1S/C26H28F3N9O4/c1-12-15-6-7-19(34-21(15)38(35-12)25(22(30)39)10-18(25)26(27,28)29)33-20-9-16-17(11-31-20)36(2)24(41)37(16)14-5-4-13(8-14)32-23(40)42-3/h6-7,9,11,13-14,18H,4-5,8,10H2,1-3H3,(H2,30,39)(H,32,40)(H,31,33,34)/i1D3,2D3,13D. The number of pyridine rings is 2. The average molecular weight is 595 g/mol. The number of halogens is 3. The van der Waals surface area contributed by atoms with Crippen molar-refractivity contribution in [3.63, 3.8) is 0 Å². The number of alkyl halides is 3. The van der Waals surface area contributed by atoms with E-state index in [0.717, 1.165) is 13.3 Å². The second kappa shape index (κ2) is 9.46. The van der Waals surface area contributed by atoms with Crippen LogP contribution in [0, 0.1) is 12.8 Å². The van der Waals surface area contributed by atoms with Crippen LogP contribution in [0.3, 0.4) is 0 Å². The fraction of sp³-hybridized carbons (Fsp3) is 0.462. The minimum Gasteiger partial charge on any atom is -0.453 e. The molecule has 6 rings (SSSR count). The summed E-state index contributed by atoms with van der Waals surface area (Å²) in [6.07, 6.45) is -5.08. The predicted molar refractivity (Wildman–Crippen MR) is 144 cm³/mol. The minimum absolute atomic E-state index is 0.00933. The van der Waals surface area contributed by atoms with Gasteiger partial charge in [-0.15, -0.1) is 0 Å². The Morgan fingerprint density at radius 2 is 2.07 bits per heavy atom. The molecule has 4 N–H and O–H groups in total. The fourth-order valence-corrected chi connectivity index (χ4v) is 5.62. The molecule has 2 aliphatic carbocycles.